The van der Waals surface area contributed by atoms with Crippen LogP contribution in [0.2, 0.25) is 0 Å². The van der Waals surface area contributed by atoms with Gasteiger partial charge in [0.2, 0.25) is 29.5 Å². The summed E-state index contributed by atoms with van der Waals surface area (Å²) in [6.07, 6.45) is 1.08. The molecule has 59 heavy (non-hydrogen) atoms. The van der Waals surface area contributed by atoms with Crippen LogP contribution in [-0.4, -0.2) is 145 Å². The van der Waals surface area contributed by atoms with E-state index >= 15 is 0 Å². The van der Waals surface area contributed by atoms with Crippen molar-refractivity contribution >= 4 is 41.5 Å². The molecule has 0 saturated carbocycles. The van der Waals surface area contributed by atoms with Gasteiger partial charge >= 0.3 is 11.9 Å². The lowest BCUT2D eigenvalue weighted by atomic mass is 9.96. The third kappa shape index (κ3) is 12.7. The molecule has 1 aromatic rings. The normalized spacial score (nSPS) is 19.4. The molecular formula is C44H70N6O9. The maximum atomic E-state index is 14.5. The summed E-state index contributed by atoms with van der Waals surface area (Å²) >= 11 is 0. The van der Waals surface area contributed by atoms with Crippen LogP contribution in [0.15, 0.2) is 30.3 Å². The topological polar surface area (TPSA) is 175 Å². The maximum absolute atomic E-state index is 14.5. The van der Waals surface area contributed by atoms with Gasteiger partial charge in [0.25, 0.3) is 0 Å². The molecule has 0 aliphatic carbocycles. The van der Waals surface area contributed by atoms with Gasteiger partial charge in [-0.15, -0.1) is 0 Å². The third-order valence-electron chi connectivity index (χ3n) is 11.5. The number of likely N-dealkylation sites (N-methyl/N-ethyl adjacent to an activating group) is 2. The number of rotatable bonds is 19. The summed E-state index contributed by atoms with van der Waals surface area (Å²) in [4.78, 5) is 102. The molecular weight excluding hydrogens is 757 g/mol. The van der Waals surface area contributed by atoms with Gasteiger partial charge in [-0.25, -0.2) is 9.59 Å². The van der Waals surface area contributed by atoms with Crippen molar-refractivity contribution in [3.63, 3.8) is 0 Å². The van der Waals surface area contributed by atoms with Gasteiger partial charge in [0, 0.05) is 26.6 Å². The Kier molecular flexibility index (Phi) is 18.4. The highest BCUT2D eigenvalue weighted by Gasteiger charge is 2.46. The van der Waals surface area contributed by atoms with E-state index in [-0.39, 0.29) is 54.2 Å². The molecule has 2 fully saturated rings. The average molecular weight is 827 g/mol. The Morgan fingerprint density at radius 3 is 1.85 bits per heavy atom. The van der Waals surface area contributed by atoms with Gasteiger partial charge in [-0.05, 0) is 69.0 Å². The van der Waals surface area contributed by atoms with Crippen molar-refractivity contribution < 1.29 is 43.0 Å². The molecule has 1 aromatic carbocycles. The minimum absolute atomic E-state index is 0.00162. The second-order valence-corrected chi connectivity index (χ2v) is 17.7. The van der Waals surface area contributed by atoms with E-state index < -0.39 is 66.1 Å². The number of benzene rings is 1. The number of ether oxygens (including phenoxy) is 2. The molecule has 7 unspecified atom stereocenters. The average Bonchev–Trinajstić information content (AvgIpc) is 3.86. The molecule has 0 radical (unpaired) electrons. The molecule has 0 spiro atoms. The van der Waals surface area contributed by atoms with Crippen LogP contribution >= 0.6 is 0 Å². The first-order valence-electron chi connectivity index (χ1n) is 21.2. The summed E-state index contributed by atoms with van der Waals surface area (Å²) in [5, 5.41) is 5.69. The van der Waals surface area contributed by atoms with Crippen LogP contribution in [0.5, 0.6) is 0 Å². The fourth-order valence-electron chi connectivity index (χ4n) is 8.33. The maximum Gasteiger partial charge on any atom is 0.329 e. The number of amides is 5. The van der Waals surface area contributed by atoms with Crippen LogP contribution < -0.4 is 10.6 Å². The first kappa shape index (κ1) is 48.8. The van der Waals surface area contributed by atoms with Gasteiger partial charge in [0.1, 0.15) is 36.3 Å². The summed E-state index contributed by atoms with van der Waals surface area (Å²) < 4.78 is 10.9. The van der Waals surface area contributed by atoms with E-state index in [9.17, 15) is 33.6 Å². The van der Waals surface area contributed by atoms with Crippen molar-refractivity contribution in [1.82, 2.24) is 30.2 Å². The van der Waals surface area contributed by atoms with Crippen molar-refractivity contribution in [3.05, 3.63) is 35.9 Å². The fraction of sp³-hybridized carbons (Fsp3) is 0.705. The summed E-state index contributed by atoms with van der Waals surface area (Å²) in [6.45, 7) is 15.5. The number of methoxy groups -OCH3 is 1. The molecule has 2 aliphatic rings. The molecule has 15 heteroatoms. The monoisotopic (exact) mass is 827 g/mol. The van der Waals surface area contributed by atoms with Crippen LogP contribution in [0.4, 0.5) is 0 Å². The first-order chi connectivity index (χ1) is 27.7. The van der Waals surface area contributed by atoms with Crippen molar-refractivity contribution in [2.24, 2.45) is 23.7 Å². The number of carbonyl (C=O) groups is 7. The highest BCUT2D eigenvalue weighted by Crippen LogP contribution is 2.29. The molecule has 330 valence electrons. The van der Waals surface area contributed by atoms with Gasteiger partial charge in [-0.2, -0.15) is 0 Å². The number of nitrogens with zero attached hydrogens (tertiary/aromatic N) is 4. The molecule has 0 aromatic heterocycles. The predicted molar refractivity (Wildman–Crippen MR) is 223 cm³/mol. The highest BCUT2D eigenvalue weighted by atomic mass is 16.5. The molecule has 15 nitrogen and oxygen atoms in total. The van der Waals surface area contributed by atoms with E-state index in [0.717, 1.165) is 5.56 Å². The number of esters is 2. The Morgan fingerprint density at radius 1 is 0.746 bits per heavy atom. The Morgan fingerprint density at radius 2 is 1.32 bits per heavy atom. The molecule has 5 amide bonds. The Hall–Kier alpha value is -4.53. The number of likely N-dealkylation sites (tertiary alicyclic amines) is 2. The molecule has 7 atom stereocenters. The Labute approximate surface area is 351 Å². The zero-order valence-electron chi connectivity index (χ0n) is 37.4. The van der Waals surface area contributed by atoms with Crippen LogP contribution in [0.3, 0.4) is 0 Å². The van der Waals surface area contributed by atoms with Crippen molar-refractivity contribution in [2.45, 2.75) is 136 Å². The van der Waals surface area contributed by atoms with Crippen LogP contribution in [0, 0.1) is 23.7 Å². The van der Waals surface area contributed by atoms with E-state index in [1.165, 1.54) is 21.8 Å². The van der Waals surface area contributed by atoms with Crippen molar-refractivity contribution in [2.75, 3.05) is 41.3 Å². The van der Waals surface area contributed by atoms with Gasteiger partial charge in [-0.1, -0.05) is 85.7 Å². The van der Waals surface area contributed by atoms with Gasteiger partial charge in [-0.3, -0.25) is 28.9 Å². The van der Waals surface area contributed by atoms with Crippen LogP contribution in [0.1, 0.15) is 93.1 Å². The largest absolute Gasteiger partial charge is 0.467 e. The first-order valence-corrected chi connectivity index (χ1v) is 21.2. The SMILES string of the molecule is COC(=O)C(Cc1ccccc1)NC(=O)CC(OC(=O)C1CCCN1C(=O)C1CCCN1C(=O)C(C(C)C)N(C)C(=O)C(NC(=O)C(C(C)C)N(C)C)C(C)C)C(C)C. The standard InChI is InChI=1S/C44H70N6O9/c1-26(2)34(25-35(51)45-31(43(56)58-12)24-30-18-14-13-15-19-30)59-44(57)33-21-17-23-50(33)40(53)32-20-16-22-49(32)42(55)38(29(7)8)48(11)41(54)36(27(3)4)46-39(52)37(28(5)6)47(9)10/h13-15,18-19,26-29,31-34,36-38H,16-17,20-25H2,1-12H3,(H,45,51)(H,46,52). The molecule has 2 heterocycles. The van der Waals surface area contributed by atoms with Gasteiger partial charge < -0.3 is 34.8 Å². The molecule has 3 rings (SSSR count). The van der Waals surface area contributed by atoms with E-state index in [2.05, 4.69) is 10.6 Å². The smallest absolute Gasteiger partial charge is 0.329 e. The summed E-state index contributed by atoms with van der Waals surface area (Å²) in [6, 6.07) is 4.32. The molecule has 0 bridgehead atoms. The fourth-order valence-corrected chi connectivity index (χ4v) is 8.33. The summed E-state index contributed by atoms with van der Waals surface area (Å²) in [5.41, 5.74) is 0.838. The third-order valence-corrected chi connectivity index (χ3v) is 11.5. The van der Waals surface area contributed by atoms with Crippen molar-refractivity contribution in [1.29, 1.82) is 0 Å². The quantitative estimate of drug-likeness (QED) is 0.198. The predicted octanol–water partition coefficient (Wildman–Crippen LogP) is 3.04. The second kappa shape index (κ2) is 22.2. The van der Waals surface area contributed by atoms with Gasteiger partial charge in [0.05, 0.1) is 19.6 Å². The minimum Gasteiger partial charge on any atom is -0.467 e. The lowest BCUT2D eigenvalue weighted by Gasteiger charge is -2.38. The number of hydrogen-bond donors (Lipinski definition) is 2. The molecule has 2 aliphatic heterocycles. The minimum atomic E-state index is -0.935. The van der Waals surface area contributed by atoms with Crippen LogP contribution in [0.25, 0.3) is 0 Å². The number of hydrogen-bond acceptors (Lipinski definition) is 10. The van der Waals surface area contributed by atoms with Crippen molar-refractivity contribution in [3.8, 4) is 0 Å². The zero-order chi connectivity index (χ0) is 44.3. The second-order valence-electron chi connectivity index (χ2n) is 17.7. The number of carbonyl (C=O) groups excluding carboxylic acids is 7. The van der Waals surface area contributed by atoms with Crippen LogP contribution in [-0.2, 0) is 49.5 Å². The van der Waals surface area contributed by atoms with E-state index in [0.29, 0.717) is 38.8 Å². The Balaban J connectivity index is 1.74. The number of nitrogens with one attached hydrogen (secondary N) is 2. The zero-order valence-corrected chi connectivity index (χ0v) is 37.4. The Bertz CT molecular complexity index is 1610. The lowest BCUT2D eigenvalue weighted by Crippen LogP contribution is -2.61. The molecule has 2 N–H and O–H groups in total. The molecule has 2 saturated heterocycles. The van der Waals surface area contributed by atoms with E-state index in [4.69, 9.17) is 9.47 Å². The lowest BCUT2D eigenvalue weighted by molar-refractivity contribution is -0.163. The highest BCUT2D eigenvalue weighted by molar-refractivity contribution is 5.96. The van der Waals surface area contributed by atoms with E-state index in [1.807, 2.05) is 105 Å². The summed E-state index contributed by atoms with van der Waals surface area (Å²) in [7, 11) is 6.46. The summed E-state index contributed by atoms with van der Waals surface area (Å²) in [5.74, 6) is -3.94. The van der Waals surface area contributed by atoms with E-state index in [1.54, 1.807) is 7.05 Å². The van der Waals surface area contributed by atoms with Gasteiger partial charge in [0.15, 0.2) is 0 Å².